The van der Waals surface area contributed by atoms with E-state index in [0.29, 0.717) is 0 Å². The molecule has 0 rings (SSSR count). The van der Waals surface area contributed by atoms with Gasteiger partial charge >= 0.3 is 302 Å². The van der Waals surface area contributed by atoms with E-state index in [2.05, 4.69) is 0 Å². The summed E-state index contributed by atoms with van der Waals surface area (Å²) in [4.78, 5) is 0. The van der Waals surface area contributed by atoms with Crippen molar-refractivity contribution in [1.82, 2.24) is 0 Å². The van der Waals surface area contributed by atoms with Gasteiger partial charge in [0.05, 0.1) is 0 Å². The Hall–Kier alpha value is 5.95. The van der Waals surface area contributed by atoms with Crippen LogP contribution in [0.25, 0.3) is 0 Å². The summed E-state index contributed by atoms with van der Waals surface area (Å²) < 4.78 is 173. The van der Waals surface area contributed by atoms with Gasteiger partial charge in [-0.2, -0.15) is 0 Å². The van der Waals surface area contributed by atoms with Crippen molar-refractivity contribution in [3.05, 3.63) is 0 Å². The molecule has 0 radical (unpaired) electrons. The third-order valence-corrected chi connectivity index (χ3v) is 0. The van der Waals surface area contributed by atoms with E-state index < -0.39 is 83.7 Å². The first kappa shape index (κ1) is 59.8. The van der Waals surface area contributed by atoms with Crippen LogP contribution >= 0.6 is 0 Å². The van der Waals surface area contributed by atoms with Crippen LogP contribution in [0.15, 0.2) is 0 Å². The van der Waals surface area contributed by atoms with E-state index >= 15 is 0 Å². The molecule has 29 heavy (non-hydrogen) atoms. The van der Waals surface area contributed by atoms with Crippen molar-refractivity contribution in [2.45, 2.75) is 0 Å². The SMILES string of the molecule is [Ca+2].[Ca+2].[La+3].[La+3].[O]=[W](=[O])([O-])[O-].[O]=[W](=[O])([O-])[O-].[O]=[W](=[O])([O-])[O-].[O]=[W](=[O])([O-])[O-].[O]=[W](=[O])([O-])[O-]. The quantitative estimate of drug-likeness (QED) is 0.203. The summed E-state index contributed by atoms with van der Waals surface area (Å²) in [7, 11) is 0. The van der Waals surface area contributed by atoms with Crippen LogP contribution in [0.4, 0.5) is 0 Å². The van der Waals surface area contributed by atoms with E-state index in [0.717, 1.165) is 0 Å². The average Bonchev–Trinajstić information content (AvgIpc) is 1.79. The molecule has 0 N–H and O–H groups in total. The molecular weight excluding hydrogens is 1600 g/mol. The van der Waals surface area contributed by atoms with Gasteiger partial charge in [0.15, 0.2) is 0 Å². The van der Waals surface area contributed by atoms with Crippen LogP contribution < -0.4 is 37.6 Å². The zero-order chi connectivity index (χ0) is 22.5. The Morgan fingerprint density at radius 3 is 0.276 bits per heavy atom. The first-order chi connectivity index (χ1) is 10.0. The number of hydrogen-bond donors (Lipinski definition) is 0. The minimum atomic E-state index is -6.17. The molecule has 0 bridgehead atoms. The summed E-state index contributed by atoms with van der Waals surface area (Å²) in [5, 5.41) is 0. The van der Waals surface area contributed by atoms with Crippen LogP contribution in [0.3, 0.4) is 0 Å². The Bertz CT molecular complexity index is 629. The van der Waals surface area contributed by atoms with Gasteiger partial charge in [0.1, 0.15) is 0 Å². The van der Waals surface area contributed by atoms with Crippen LogP contribution in [0.2, 0.25) is 0 Å². The van der Waals surface area contributed by atoms with E-state index in [1.165, 1.54) is 0 Å². The van der Waals surface area contributed by atoms with Crippen molar-refractivity contribution < 1.29 is 227 Å². The van der Waals surface area contributed by atoms with Crippen molar-refractivity contribution in [2.24, 2.45) is 0 Å². The minimum absolute atomic E-state index is 0. The molecule has 0 aromatic heterocycles. The molecule has 0 saturated heterocycles. The van der Waals surface area contributed by atoms with Gasteiger partial charge in [-0.15, -0.1) is 0 Å². The summed E-state index contributed by atoms with van der Waals surface area (Å²) in [6, 6.07) is 0. The van der Waals surface area contributed by atoms with Crippen LogP contribution in [-0.2, 0) is 118 Å². The molecular formula is Ca2La2O20W5. The van der Waals surface area contributed by atoms with Gasteiger partial charge in [-0.25, -0.2) is 0 Å². The van der Waals surface area contributed by atoms with Crippen molar-refractivity contribution in [1.29, 1.82) is 0 Å². The fraction of sp³-hybridized carbons (Fsp3) is 0. The zero-order valence-corrected chi connectivity index (χ0v) is 39.1. The van der Waals surface area contributed by atoms with E-state index in [4.69, 9.17) is 71.6 Å². The molecule has 0 amide bonds. The third-order valence-electron chi connectivity index (χ3n) is 0. The molecule has 0 aromatic rings. The van der Waals surface area contributed by atoms with Gasteiger partial charge in [0.25, 0.3) is 0 Å². The molecule has 0 fully saturated rings. The molecule has 160 valence electrons. The topological polar surface area (TPSA) is 401 Å². The zero-order valence-electron chi connectivity index (χ0n) is 12.8. The molecule has 0 spiro atoms. The van der Waals surface area contributed by atoms with E-state index in [1.54, 1.807) is 0 Å². The average molecular weight is 1600 g/mol. The second-order valence-corrected chi connectivity index (χ2v) is 16.7. The fourth-order valence-corrected chi connectivity index (χ4v) is 0. The van der Waals surface area contributed by atoms with Gasteiger partial charge in [0.2, 0.25) is 0 Å². The van der Waals surface area contributed by atoms with E-state index in [9.17, 15) is 0 Å². The molecule has 0 aliphatic rings. The van der Waals surface area contributed by atoms with Crippen molar-refractivity contribution in [2.75, 3.05) is 0 Å². The van der Waals surface area contributed by atoms with Crippen molar-refractivity contribution >= 4 is 75.5 Å². The van der Waals surface area contributed by atoms with Crippen LogP contribution in [0, 0.1) is 71.2 Å². The first-order valence-corrected chi connectivity index (χ1v) is 27.3. The van der Waals surface area contributed by atoms with Gasteiger partial charge in [-0.3, -0.25) is 0 Å². The summed E-state index contributed by atoms with van der Waals surface area (Å²) in [5.41, 5.74) is 0. The van der Waals surface area contributed by atoms with Crippen LogP contribution in [0.5, 0.6) is 0 Å². The first-order valence-electron chi connectivity index (χ1n) is 3.33. The molecule has 0 aromatic carbocycles. The van der Waals surface area contributed by atoms with Crippen LogP contribution in [-0.4, -0.2) is 75.5 Å². The van der Waals surface area contributed by atoms with Gasteiger partial charge in [-0.05, 0) is 0 Å². The van der Waals surface area contributed by atoms with Crippen molar-refractivity contribution in [3.63, 3.8) is 0 Å². The predicted molar refractivity (Wildman–Crippen MR) is 18.4 cm³/mol. The molecule has 0 heterocycles. The summed E-state index contributed by atoms with van der Waals surface area (Å²) >= 11 is -30.8. The fourth-order valence-electron chi connectivity index (χ4n) is 0. The molecule has 0 unspecified atom stereocenters. The maximum atomic E-state index is 8.65. The third kappa shape index (κ3) is 979. The van der Waals surface area contributed by atoms with Crippen molar-refractivity contribution in [3.8, 4) is 0 Å². The number of hydrogen-bond acceptors (Lipinski definition) is 20. The Morgan fingerprint density at radius 1 is 0.276 bits per heavy atom. The summed E-state index contributed by atoms with van der Waals surface area (Å²) in [6.45, 7) is 0. The van der Waals surface area contributed by atoms with E-state index in [1.807, 2.05) is 0 Å². The second-order valence-electron chi connectivity index (χ2n) is 2.04. The molecule has 20 nitrogen and oxygen atoms in total. The molecule has 0 saturated carbocycles. The van der Waals surface area contributed by atoms with E-state index in [-0.39, 0.29) is 147 Å². The molecule has 0 aliphatic carbocycles. The Morgan fingerprint density at radius 2 is 0.276 bits per heavy atom. The Labute approximate surface area is 294 Å². The van der Waals surface area contributed by atoms with Crippen LogP contribution in [0.1, 0.15) is 0 Å². The van der Waals surface area contributed by atoms with Gasteiger partial charge in [0, 0.05) is 0 Å². The summed E-state index contributed by atoms with van der Waals surface area (Å²) in [6.07, 6.45) is 0. The molecule has 29 heteroatoms. The maximum absolute atomic E-state index is 8.65. The normalized spacial score (nSPS) is 10.0. The Balaban J connectivity index is -0.0000000238. The van der Waals surface area contributed by atoms with Gasteiger partial charge < -0.3 is 0 Å². The monoisotopic (exact) mass is 1600 g/mol. The van der Waals surface area contributed by atoms with Gasteiger partial charge in [-0.1, -0.05) is 0 Å². The molecule has 0 aliphatic heterocycles. The predicted octanol–water partition coefficient (Wildman–Crippen LogP) is -13.9. The summed E-state index contributed by atoms with van der Waals surface area (Å²) in [5.74, 6) is 0. The molecule has 0 atom stereocenters. The second kappa shape index (κ2) is 28.5. The number of rotatable bonds is 0. The standard InChI is InChI=1S/2Ca.2La.20O.5W/q2*+2;2*+3;;;;;;;;;;;10*-1;;;;;. The Kier molecular flexibility index (Phi) is 58.8.